The Morgan fingerprint density at radius 1 is 0.867 bits per heavy atom. The fraction of sp³-hybridized carbons (Fsp3) is 1.00. The van der Waals surface area contributed by atoms with Crippen LogP contribution in [0, 0.1) is 5.21 Å². The molecule has 0 fully saturated rings. The summed E-state index contributed by atoms with van der Waals surface area (Å²) in [6.07, 6.45) is 11.8. The minimum atomic E-state index is -0.0950. The summed E-state index contributed by atoms with van der Waals surface area (Å²) in [5.74, 6) is 0. The second-order valence-corrected chi connectivity index (χ2v) is 5.33. The summed E-state index contributed by atoms with van der Waals surface area (Å²) in [5, 5.41) is 10.7. The molecule has 0 aromatic rings. The lowest BCUT2D eigenvalue weighted by Gasteiger charge is -2.24. The summed E-state index contributed by atoms with van der Waals surface area (Å²) >= 11 is 0. The van der Waals surface area contributed by atoms with Crippen molar-refractivity contribution in [2.75, 3.05) is 0 Å². The van der Waals surface area contributed by atoms with Crippen LogP contribution in [-0.2, 0) is 0 Å². The van der Waals surface area contributed by atoms with Gasteiger partial charge in [-0.15, -0.1) is 0 Å². The highest BCUT2D eigenvalue weighted by atomic mass is 16.5. The highest BCUT2D eigenvalue weighted by Crippen LogP contribution is 2.13. The molecule has 0 aliphatic rings. The molecule has 92 valence electrons. The molecule has 0 aromatic carbocycles. The third kappa shape index (κ3) is 10.2. The van der Waals surface area contributed by atoms with Crippen LogP contribution in [0.5, 0.6) is 0 Å². The molecule has 0 aliphatic carbocycles. The Morgan fingerprint density at radius 2 is 1.33 bits per heavy atom. The zero-order valence-electron chi connectivity index (χ0n) is 10.8. The van der Waals surface area contributed by atoms with Crippen molar-refractivity contribution in [3.8, 4) is 0 Å². The smallest absolute Gasteiger partial charge is 0.0901 e. The Hall–Kier alpha value is -0.0800. The summed E-state index contributed by atoms with van der Waals surface area (Å²) in [6.45, 7) is 6.31. The normalized spacial score (nSPS) is 12.0. The van der Waals surface area contributed by atoms with Crippen molar-refractivity contribution in [3.63, 3.8) is 0 Å². The second-order valence-electron chi connectivity index (χ2n) is 5.33. The Bertz CT molecular complexity index is 134. The van der Waals surface area contributed by atoms with E-state index in [9.17, 15) is 5.21 Å². The minimum Gasteiger partial charge on any atom is -0.635 e. The Labute approximate surface area is 95.4 Å². The Kier molecular flexibility index (Phi) is 9.12. The summed E-state index contributed by atoms with van der Waals surface area (Å²) in [7, 11) is 0. The fourth-order valence-corrected chi connectivity index (χ4v) is 1.77. The van der Waals surface area contributed by atoms with Gasteiger partial charge in [0.25, 0.3) is 0 Å². The topological polar surface area (TPSA) is 39.7 Å². The molecule has 0 spiro atoms. The van der Waals surface area contributed by atoms with Crippen LogP contribution in [0.25, 0.3) is 0 Å². The van der Waals surface area contributed by atoms with Crippen molar-refractivity contribution in [1.29, 1.82) is 0 Å². The van der Waals surface area contributed by atoms with E-state index in [2.05, 4.69) is 6.92 Å². The molecule has 0 unspecified atom stereocenters. The quantitative estimate of drug-likeness (QED) is 0.440. The van der Waals surface area contributed by atoms with Crippen molar-refractivity contribution in [1.82, 2.24) is 0 Å². The van der Waals surface area contributed by atoms with Gasteiger partial charge in [0.15, 0.2) is 0 Å². The van der Waals surface area contributed by atoms with Crippen LogP contribution in [0.1, 0.15) is 78.6 Å². The zero-order valence-corrected chi connectivity index (χ0v) is 10.8. The van der Waals surface area contributed by atoms with Crippen LogP contribution >= 0.6 is 0 Å². The summed E-state index contributed by atoms with van der Waals surface area (Å²) in [4.78, 5) is 0. The Balaban J connectivity index is 3.11. The molecule has 2 heteroatoms. The summed E-state index contributed by atoms with van der Waals surface area (Å²) in [5.41, 5.74) is 0.996. The maximum absolute atomic E-state index is 10.7. The van der Waals surface area contributed by atoms with Crippen LogP contribution in [0.15, 0.2) is 0 Å². The van der Waals surface area contributed by atoms with Crippen LogP contribution in [0.3, 0.4) is 0 Å². The van der Waals surface area contributed by atoms with E-state index in [1.165, 1.54) is 51.4 Å². The van der Waals surface area contributed by atoms with Crippen molar-refractivity contribution in [2.45, 2.75) is 84.1 Å². The number of hydrogen-bond acceptors (Lipinski definition) is 1. The molecule has 0 amide bonds. The first-order valence-electron chi connectivity index (χ1n) is 6.59. The number of unbranched alkanes of at least 4 members (excludes halogenated alkanes) is 7. The maximum atomic E-state index is 10.7. The third-order valence-electron chi connectivity index (χ3n) is 2.99. The number of quaternary nitrogens is 1. The van der Waals surface area contributed by atoms with Crippen LogP contribution in [-0.4, -0.2) is 5.54 Å². The molecule has 0 saturated carbocycles. The predicted octanol–water partition coefficient (Wildman–Crippen LogP) is 3.36. The lowest BCUT2D eigenvalue weighted by Crippen LogP contribution is -2.89. The van der Waals surface area contributed by atoms with Crippen molar-refractivity contribution >= 4 is 0 Å². The standard InChI is InChI=1S/C13H29NO/c1-4-5-6-7-8-9-10-11-12-13(2,3)14-15/h4-12,14H2,1-3H3. The first-order chi connectivity index (χ1) is 7.12. The van der Waals surface area contributed by atoms with Gasteiger partial charge in [0, 0.05) is 6.42 Å². The van der Waals surface area contributed by atoms with E-state index in [1.54, 1.807) is 0 Å². The number of hydroxylamine groups is 1. The van der Waals surface area contributed by atoms with Gasteiger partial charge in [-0.1, -0.05) is 51.9 Å². The zero-order chi connectivity index (χ0) is 11.6. The van der Waals surface area contributed by atoms with Crippen LogP contribution < -0.4 is 5.48 Å². The van der Waals surface area contributed by atoms with Crippen molar-refractivity contribution in [3.05, 3.63) is 5.21 Å². The SMILES string of the molecule is CCCCCCCCCCC(C)(C)[NH2+][O-]. The minimum absolute atomic E-state index is 0.0950. The summed E-state index contributed by atoms with van der Waals surface area (Å²) in [6, 6.07) is 0. The molecule has 0 aliphatic heterocycles. The van der Waals surface area contributed by atoms with Gasteiger partial charge >= 0.3 is 0 Å². The fourth-order valence-electron chi connectivity index (χ4n) is 1.77. The van der Waals surface area contributed by atoms with Crippen LogP contribution in [0.2, 0.25) is 0 Å². The Morgan fingerprint density at radius 3 is 1.80 bits per heavy atom. The molecule has 0 atom stereocenters. The molecule has 0 heterocycles. The predicted molar refractivity (Wildman–Crippen MR) is 66.6 cm³/mol. The molecule has 0 radical (unpaired) electrons. The molecule has 2 N–H and O–H groups in total. The highest BCUT2D eigenvalue weighted by molar-refractivity contribution is 4.64. The van der Waals surface area contributed by atoms with Gasteiger partial charge in [0.05, 0.1) is 5.54 Å². The van der Waals surface area contributed by atoms with E-state index >= 15 is 0 Å². The first kappa shape index (κ1) is 14.9. The van der Waals surface area contributed by atoms with Gasteiger partial charge in [-0.3, -0.25) is 0 Å². The average Bonchev–Trinajstić information content (AvgIpc) is 2.22. The molecule has 0 aromatic heterocycles. The van der Waals surface area contributed by atoms with Crippen LogP contribution in [0.4, 0.5) is 0 Å². The van der Waals surface area contributed by atoms with Crippen molar-refractivity contribution in [2.24, 2.45) is 0 Å². The maximum Gasteiger partial charge on any atom is 0.0901 e. The van der Waals surface area contributed by atoms with E-state index < -0.39 is 0 Å². The van der Waals surface area contributed by atoms with E-state index in [4.69, 9.17) is 0 Å². The number of hydrogen-bond donors (Lipinski definition) is 1. The second kappa shape index (κ2) is 9.17. The molecule has 0 saturated heterocycles. The molecule has 15 heavy (non-hydrogen) atoms. The summed E-state index contributed by atoms with van der Waals surface area (Å²) < 4.78 is 0. The van der Waals surface area contributed by atoms with E-state index in [1.807, 2.05) is 13.8 Å². The van der Waals surface area contributed by atoms with Gasteiger partial charge in [-0.25, -0.2) is 0 Å². The van der Waals surface area contributed by atoms with Gasteiger partial charge in [0.2, 0.25) is 0 Å². The van der Waals surface area contributed by atoms with Gasteiger partial charge in [-0.05, 0) is 20.3 Å². The largest absolute Gasteiger partial charge is 0.635 e. The molecular weight excluding hydrogens is 186 g/mol. The van der Waals surface area contributed by atoms with Gasteiger partial charge in [0.1, 0.15) is 0 Å². The van der Waals surface area contributed by atoms with Gasteiger partial charge < -0.3 is 10.7 Å². The highest BCUT2D eigenvalue weighted by Gasteiger charge is 2.15. The lowest BCUT2D eigenvalue weighted by molar-refractivity contribution is -0.663. The monoisotopic (exact) mass is 215 g/mol. The molecular formula is C13H29NO. The van der Waals surface area contributed by atoms with E-state index in [0.29, 0.717) is 0 Å². The third-order valence-corrected chi connectivity index (χ3v) is 2.99. The van der Waals surface area contributed by atoms with Crippen molar-refractivity contribution < 1.29 is 5.48 Å². The van der Waals surface area contributed by atoms with Gasteiger partial charge in [-0.2, -0.15) is 0 Å². The first-order valence-corrected chi connectivity index (χ1v) is 6.59. The molecule has 0 rings (SSSR count). The average molecular weight is 215 g/mol. The number of nitrogens with two attached hydrogens (primary N) is 1. The molecule has 2 nitrogen and oxygen atoms in total. The number of rotatable bonds is 10. The lowest BCUT2D eigenvalue weighted by atomic mass is 9.97. The molecule has 0 bridgehead atoms. The van der Waals surface area contributed by atoms with E-state index in [0.717, 1.165) is 11.9 Å². The van der Waals surface area contributed by atoms with E-state index in [-0.39, 0.29) is 5.54 Å².